The molecule has 0 rings (SSSR count). The number of aliphatic hydroxyl groups excluding tert-OH is 1. The molecule has 59 heavy (non-hydrogen) atoms. The van der Waals surface area contributed by atoms with Gasteiger partial charge in [0.25, 0.3) is 0 Å². The number of ether oxygens (including phenoxy) is 2. The van der Waals surface area contributed by atoms with Crippen LogP contribution >= 0.6 is 7.82 Å². The summed E-state index contributed by atoms with van der Waals surface area (Å²) in [4.78, 5) is 35.4. The minimum atomic E-state index is -4.43. The van der Waals surface area contributed by atoms with Crippen LogP contribution in [-0.4, -0.2) is 86.1 Å². The average Bonchev–Trinajstić information content (AvgIpc) is 3.18. The molecule has 2 unspecified atom stereocenters. The van der Waals surface area contributed by atoms with Crippen molar-refractivity contribution in [2.75, 3.05) is 47.5 Å². The van der Waals surface area contributed by atoms with Crippen LogP contribution in [0.3, 0.4) is 0 Å². The lowest BCUT2D eigenvalue weighted by molar-refractivity contribution is -0.870. The molecule has 0 aliphatic rings. The zero-order valence-electron chi connectivity index (χ0n) is 38.1. The van der Waals surface area contributed by atoms with Gasteiger partial charge in [0, 0.05) is 12.8 Å². The van der Waals surface area contributed by atoms with Gasteiger partial charge in [-0.15, -0.1) is 0 Å². The molecule has 0 saturated carbocycles. The van der Waals surface area contributed by atoms with Gasteiger partial charge in [0.15, 0.2) is 6.10 Å². The quantitative estimate of drug-likeness (QED) is 0.0154. The van der Waals surface area contributed by atoms with Gasteiger partial charge in [-0.1, -0.05) is 177 Å². The third kappa shape index (κ3) is 43.6. The molecule has 3 atom stereocenters. The van der Waals surface area contributed by atoms with Crippen LogP contribution in [0.4, 0.5) is 0 Å². The Morgan fingerprint density at radius 3 is 1.63 bits per heavy atom. The van der Waals surface area contributed by atoms with E-state index >= 15 is 0 Å². The molecule has 0 aliphatic carbocycles. The van der Waals surface area contributed by atoms with Crippen LogP contribution in [-0.2, 0) is 32.7 Å². The molecule has 0 aromatic carbocycles. The Bertz CT molecular complexity index is 1210. The normalized spacial score (nSPS) is 14.6. The Kier molecular flexibility index (Phi) is 38.2. The van der Waals surface area contributed by atoms with Crippen LogP contribution in [0.15, 0.2) is 60.8 Å². The largest absolute Gasteiger partial charge is 0.472 e. The number of phosphoric ester groups is 1. The van der Waals surface area contributed by atoms with Crippen molar-refractivity contribution in [1.82, 2.24) is 0 Å². The van der Waals surface area contributed by atoms with Gasteiger partial charge < -0.3 is 24.0 Å². The van der Waals surface area contributed by atoms with Crippen LogP contribution in [0.5, 0.6) is 0 Å². The number of likely N-dealkylation sites (N-methyl/N-ethyl adjacent to an activating group) is 1. The molecule has 0 aliphatic heterocycles. The minimum Gasteiger partial charge on any atom is -0.462 e. The number of esters is 2. The van der Waals surface area contributed by atoms with Crippen molar-refractivity contribution in [1.29, 1.82) is 0 Å². The minimum absolute atomic E-state index is 0.00483. The number of carbonyl (C=O) groups is 2. The SMILES string of the molecule is CC/C=C\C/C=C\C/C=C\C/C=C\C=C\C(O)CCCC(=O)O[C@H](COC(=O)CCCCCCCCCCCCCCCCCCC)COP(=O)(O)OCC[N+](C)(C)C. The van der Waals surface area contributed by atoms with Crippen molar-refractivity contribution in [3.05, 3.63) is 60.8 Å². The van der Waals surface area contributed by atoms with Gasteiger partial charge in [0.05, 0.1) is 33.9 Å². The summed E-state index contributed by atoms with van der Waals surface area (Å²) in [6, 6.07) is 0. The van der Waals surface area contributed by atoms with Crippen molar-refractivity contribution in [3.8, 4) is 0 Å². The maximum atomic E-state index is 12.7. The summed E-state index contributed by atoms with van der Waals surface area (Å²) in [5.74, 6) is -1.00. The smallest absolute Gasteiger partial charge is 0.462 e. The number of allylic oxidation sites excluding steroid dienone is 9. The van der Waals surface area contributed by atoms with Gasteiger partial charge in [-0.05, 0) is 44.9 Å². The van der Waals surface area contributed by atoms with E-state index < -0.39 is 38.6 Å². The first-order valence-corrected chi connectivity index (χ1v) is 24.6. The topological polar surface area (TPSA) is 129 Å². The molecule has 342 valence electrons. The molecule has 0 aromatic rings. The van der Waals surface area contributed by atoms with Crippen LogP contribution in [0.25, 0.3) is 0 Å². The fraction of sp³-hybridized carbons (Fsp3) is 0.750. The Morgan fingerprint density at radius 2 is 1.10 bits per heavy atom. The summed E-state index contributed by atoms with van der Waals surface area (Å²) in [7, 11) is 1.35. The van der Waals surface area contributed by atoms with Crippen molar-refractivity contribution in [2.24, 2.45) is 0 Å². The number of hydrogen-bond acceptors (Lipinski definition) is 8. The summed E-state index contributed by atoms with van der Waals surface area (Å²) in [5.41, 5.74) is 0. The highest BCUT2D eigenvalue weighted by molar-refractivity contribution is 7.47. The van der Waals surface area contributed by atoms with Crippen LogP contribution in [0.1, 0.15) is 174 Å². The molecular formula is C48H87NO9P+. The molecule has 0 spiro atoms. The fourth-order valence-corrected chi connectivity index (χ4v) is 6.78. The summed E-state index contributed by atoms with van der Waals surface area (Å²) in [6.07, 6.45) is 44.4. The van der Waals surface area contributed by atoms with E-state index in [0.29, 0.717) is 30.3 Å². The highest BCUT2D eigenvalue weighted by atomic mass is 31.2. The Morgan fingerprint density at radius 1 is 0.610 bits per heavy atom. The number of hydrogen-bond donors (Lipinski definition) is 2. The Balaban J connectivity index is 4.51. The molecular weight excluding hydrogens is 766 g/mol. The second-order valence-corrected chi connectivity index (χ2v) is 18.1. The predicted molar refractivity (Wildman–Crippen MR) is 244 cm³/mol. The maximum Gasteiger partial charge on any atom is 0.472 e. The molecule has 0 aromatic heterocycles. The predicted octanol–water partition coefficient (Wildman–Crippen LogP) is 12.2. The van der Waals surface area contributed by atoms with Gasteiger partial charge in [-0.25, -0.2) is 4.57 Å². The second kappa shape index (κ2) is 39.8. The number of rotatable bonds is 41. The molecule has 0 bridgehead atoms. The zero-order valence-corrected chi connectivity index (χ0v) is 39.0. The summed E-state index contributed by atoms with van der Waals surface area (Å²) in [6.45, 7) is 4.08. The molecule has 0 fully saturated rings. The summed E-state index contributed by atoms with van der Waals surface area (Å²) >= 11 is 0. The molecule has 10 nitrogen and oxygen atoms in total. The number of phosphoric acid groups is 1. The third-order valence-corrected chi connectivity index (χ3v) is 10.7. The number of quaternary nitrogens is 1. The van der Waals surface area contributed by atoms with Crippen molar-refractivity contribution < 1.29 is 47.2 Å². The molecule has 0 heterocycles. The van der Waals surface area contributed by atoms with Gasteiger partial charge in [0.1, 0.15) is 19.8 Å². The number of aliphatic hydroxyl groups is 1. The van der Waals surface area contributed by atoms with E-state index in [1.54, 1.807) is 12.2 Å². The van der Waals surface area contributed by atoms with Crippen molar-refractivity contribution >= 4 is 19.8 Å². The fourth-order valence-electron chi connectivity index (χ4n) is 6.04. The van der Waals surface area contributed by atoms with E-state index in [2.05, 4.69) is 50.3 Å². The molecule has 0 radical (unpaired) electrons. The van der Waals surface area contributed by atoms with Gasteiger partial charge >= 0.3 is 19.8 Å². The summed E-state index contributed by atoms with van der Waals surface area (Å²) < 4.78 is 34.2. The van der Waals surface area contributed by atoms with Crippen LogP contribution in [0.2, 0.25) is 0 Å². The molecule has 0 amide bonds. The second-order valence-electron chi connectivity index (χ2n) is 16.6. The van der Waals surface area contributed by atoms with E-state index in [1.807, 2.05) is 33.3 Å². The lowest BCUT2D eigenvalue weighted by Gasteiger charge is -2.24. The molecule has 0 saturated heterocycles. The maximum absolute atomic E-state index is 12.7. The Hall–Kier alpha value is -2.33. The Labute approximate surface area is 360 Å². The van der Waals surface area contributed by atoms with Crippen LogP contribution < -0.4 is 0 Å². The standard InChI is InChI=1S/C48H86NO9P/c1-6-8-10-12-14-16-18-20-21-22-23-25-27-29-31-33-35-39-47(51)55-43-46(44-57-59(53,54)56-42-41-49(3,4)5)58-48(52)40-36-38-45(50)37-34-32-30-28-26-24-19-17-15-13-11-9-7-2/h9,11,15,17,24,26,30,32,34,37,45-46,50H,6-8,10,12-14,16,18-23,25,27-29,31,33,35-36,38-44H2,1-5H3/p+1/b11-9-,17-15-,26-24-,32-30-,37-34+/t45?,46-/m1/s1. The molecule has 2 N–H and O–H groups in total. The monoisotopic (exact) mass is 853 g/mol. The van der Waals surface area contributed by atoms with E-state index in [-0.39, 0.29) is 26.1 Å². The van der Waals surface area contributed by atoms with Gasteiger partial charge in [-0.2, -0.15) is 0 Å². The van der Waals surface area contributed by atoms with Crippen LogP contribution in [0, 0.1) is 0 Å². The zero-order chi connectivity index (χ0) is 43.7. The van der Waals surface area contributed by atoms with E-state index in [1.165, 1.54) is 89.9 Å². The lowest BCUT2D eigenvalue weighted by atomic mass is 10.0. The first-order chi connectivity index (χ1) is 28.4. The van der Waals surface area contributed by atoms with E-state index in [4.69, 9.17) is 18.5 Å². The number of carbonyl (C=O) groups excluding carboxylic acids is 2. The number of nitrogens with zero attached hydrogens (tertiary/aromatic N) is 1. The summed E-state index contributed by atoms with van der Waals surface area (Å²) in [5, 5.41) is 10.3. The third-order valence-electron chi connectivity index (χ3n) is 9.67. The number of unbranched alkanes of at least 4 members (excludes halogenated alkanes) is 16. The highest BCUT2D eigenvalue weighted by Crippen LogP contribution is 2.43. The first kappa shape index (κ1) is 56.7. The lowest BCUT2D eigenvalue weighted by Crippen LogP contribution is -2.37. The van der Waals surface area contributed by atoms with E-state index in [0.717, 1.165) is 38.5 Å². The first-order valence-electron chi connectivity index (χ1n) is 23.1. The highest BCUT2D eigenvalue weighted by Gasteiger charge is 2.27. The van der Waals surface area contributed by atoms with Crippen molar-refractivity contribution in [3.63, 3.8) is 0 Å². The van der Waals surface area contributed by atoms with Gasteiger partial charge in [-0.3, -0.25) is 18.6 Å². The average molecular weight is 853 g/mol. The van der Waals surface area contributed by atoms with E-state index in [9.17, 15) is 24.2 Å². The molecule has 11 heteroatoms. The van der Waals surface area contributed by atoms with Gasteiger partial charge in [0.2, 0.25) is 0 Å². The van der Waals surface area contributed by atoms with Crippen molar-refractivity contribution in [2.45, 2.75) is 187 Å².